The average Bonchev–Trinajstić information content (AvgIpc) is 2.81. The molecule has 0 aliphatic carbocycles. The number of carbonyl (C=O) groups excluding carboxylic acids is 1. The van der Waals surface area contributed by atoms with E-state index in [1.165, 1.54) is 40.9 Å². The lowest BCUT2D eigenvalue weighted by Gasteiger charge is -2.07. The van der Waals surface area contributed by atoms with Crippen molar-refractivity contribution in [2.75, 3.05) is 7.05 Å². The molecule has 1 saturated heterocycles. The molecule has 0 radical (unpaired) electrons. The topological polar surface area (TPSA) is 93.4 Å². The molecule has 0 bridgehead atoms. The molecular formula is C17H14N2O4S. The predicted molar refractivity (Wildman–Crippen MR) is 93.3 cm³/mol. The van der Waals surface area contributed by atoms with Crippen molar-refractivity contribution in [2.24, 2.45) is 4.99 Å². The zero-order chi connectivity index (χ0) is 17.3. The second-order valence-corrected chi connectivity index (χ2v) is 6.14. The first-order chi connectivity index (χ1) is 11.4. The number of likely N-dealkylation sites (N-methyl/N-ethyl adjacent to an activating group) is 1. The molecule has 1 aliphatic heterocycles. The molecule has 0 unspecified atom stereocenters. The van der Waals surface area contributed by atoms with Crippen LogP contribution in [0.5, 0.6) is 17.2 Å². The van der Waals surface area contributed by atoms with E-state index in [1.807, 2.05) is 0 Å². The fourth-order valence-corrected chi connectivity index (χ4v) is 3.06. The molecule has 24 heavy (non-hydrogen) atoms. The van der Waals surface area contributed by atoms with Crippen LogP contribution in [0, 0.1) is 0 Å². The number of benzene rings is 2. The molecule has 1 aliphatic rings. The Hall–Kier alpha value is -2.93. The van der Waals surface area contributed by atoms with E-state index in [4.69, 9.17) is 0 Å². The number of amidine groups is 1. The van der Waals surface area contributed by atoms with Crippen LogP contribution in [0.3, 0.4) is 0 Å². The lowest BCUT2D eigenvalue weighted by atomic mass is 10.2. The minimum Gasteiger partial charge on any atom is -0.508 e. The molecule has 0 aromatic heterocycles. The van der Waals surface area contributed by atoms with E-state index in [0.717, 1.165) is 0 Å². The minimum absolute atomic E-state index is 0.148. The first kappa shape index (κ1) is 15.9. The summed E-state index contributed by atoms with van der Waals surface area (Å²) in [6, 6.07) is 10.7. The molecule has 0 spiro atoms. The zero-order valence-corrected chi connectivity index (χ0v) is 13.5. The summed E-state index contributed by atoms with van der Waals surface area (Å²) in [6.45, 7) is 0. The van der Waals surface area contributed by atoms with Gasteiger partial charge in [-0.2, -0.15) is 0 Å². The van der Waals surface area contributed by atoms with Gasteiger partial charge in [0.1, 0.15) is 5.75 Å². The number of phenols is 3. The number of aliphatic imine (C=N–C) groups is 1. The molecule has 122 valence electrons. The number of hydrogen-bond donors (Lipinski definition) is 3. The first-order valence-electron chi connectivity index (χ1n) is 7.01. The van der Waals surface area contributed by atoms with Gasteiger partial charge < -0.3 is 15.3 Å². The second-order valence-electron chi connectivity index (χ2n) is 5.13. The highest BCUT2D eigenvalue weighted by Crippen LogP contribution is 2.34. The molecule has 3 rings (SSSR count). The lowest BCUT2D eigenvalue weighted by molar-refractivity contribution is -0.121. The van der Waals surface area contributed by atoms with E-state index in [2.05, 4.69) is 4.99 Å². The lowest BCUT2D eigenvalue weighted by Crippen LogP contribution is -2.23. The van der Waals surface area contributed by atoms with Crippen molar-refractivity contribution >= 4 is 34.6 Å². The Bertz CT molecular complexity index is 859. The number of amides is 1. The van der Waals surface area contributed by atoms with Gasteiger partial charge in [0.15, 0.2) is 16.7 Å². The highest BCUT2D eigenvalue weighted by Gasteiger charge is 2.30. The van der Waals surface area contributed by atoms with Crippen LogP contribution in [-0.4, -0.2) is 38.3 Å². The summed E-state index contributed by atoms with van der Waals surface area (Å²) < 4.78 is 0. The second kappa shape index (κ2) is 6.29. The quantitative estimate of drug-likeness (QED) is 0.576. The van der Waals surface area contributed by atoms with E-state index in [1.54, 1.807) is 31.3 Å². The number of aromatic hydroxyl groups is 3. The molecule has 7 heteroatoms. The number of phenolic OH excluding ortho intramolecular Hbond substituents is 3. The monoisotopic (exact) mass is 342 g/mol. The summed E-state index contributed by atoms with van der Waals surface area (Å²) in [5.74, 6) is -0.513. The molecule has 1 heterocycles. The number of carbonyl (C=O) groups is 1. The van der Waals surface area contributed by atoms with E-state index >= 15 is 0 Å². The van der Waals surface area contributed by atoms with Gasteiger partial charge in [0.05, 0.1) is 10.6 Å². The van der Waals surface area contributed by atoms with E-state index < -0.39 is 0 Å². The van der Waals surface area contributed by atoms with E-state index in [0.29, 0.717) is 21.3 Å². The predicted octanol–water partition coefficient (Wildman–Crippen LogP) is 3.04. The molecule has 0 atom stereocenters. The Morgan fingerprint density at radius 1 is 1.04 bits per heavy atom. The van der Waals surface area contributed by atoms with Crippen molar-refractivity contribution in [3.05, 3.63) is 52.9 Å². The third kappa shape index (κ3) is 3.21. The minimum atomic E-state index is -0.244. The van der Waals surface area contributed by atoms with E-state index in [9.17, 15) is 20.1 Å². The third-order valence-corrected chi connectivity index (χ3v) is 4.44. The SMILES string of the molecule is CN1C(=O)/C(=C/c2ccc(O)c(O)c2)SC1=Nc1ccc(O)cc1. The van der Waals surface area contributed by atoms with Gasteiger partial charge in [0.25, 0.3) is 5.91 Å². The van der Waals surface area contributed by atoms with Crippen LogP contribution in [0.25, 0.3) is 6.08 Å². The van der Waals surface area contributed by atoms with Crippen LogP contribution in [0.15, 0.2) is 52.4 Å². The van der Waals surface area contributed by atoms with Crippen LogP contribution in [0.1, 0.15) is 5.56 Å². The van der Waals surface area contributed by atoms with Crippen LogP contribution >= 0.6 is 11.8 Å². The fraction of sp³-hybridized carbons (Fsp3) is 0.0588. The Morgan fingerprint density at radius 2 is 1.75 bits per heavy atom. The highest BCUT2D eigenvalue weighted by molar-refractivity contribution is 8.18. The molecule has 6 nitrogen and oxygen atoms in total. The smallest absolute Gasteiger partial charge is 0.266 e. The number of thioether (sulfide) groups is 1. The van der Waals surface area contributed by atoms with Crippen LogP contribution < -0.4 is 0 Å². The van der Waals surface area contributed by atoms with Crippen molar-refractivity contribution in [1.29, 1.82) is 0 Å². The molecule has 1 amide bonds. The maximum atomic E-state index is 12.3. The van der Waals surface area contributed by atoms with Gasteiger partial charge in [-0.1, -0.05) is 6.07 Å². The van der Waals surface area contributed by atoms with Gasteiger partial charge in [0, 0.05) is 7.05 Å². The van der Waals surface area contributed by atoms with Crippen LogP contribution in [-0.2, 0) is 4.79 Å². The number of nitrogens with zero attached hydrogens (tertiary/aromatic N) is 2. The molecule has 2 aromatic rings. The zero-order valence-electron chi connectivity index (χ0n) is 12.7. The van der Waals surface area contributed by atoms with E-state index in [-0.39, 0.29) is 23.2 Å². The first-order valence-corrected chi connectivity index (χ1v) is 7.83. The maximum absolute atomic E-state index is 12.3. The number of rotatable bonds is 2. The standard InChI is InChI=1S/C17H14N2O4S/c1-19-16(23)15(9-10-2-7-13(21)14(22)8-10)24-17(19)18-11-3-5-12(20)6-4-11/h2-9,20-22H,1H3/b15-9-,18-17?. The molecule has 2 aromatic carbocycles. The highest BCUT2D eigenvalue weighted by atomic mass is 32.2. The number of hydrogen-bond acceptors (Lipinski definition) is 6. The van der Waals surface area contributed by atoms with Crippen molar-refractivity contribution < 1.29 is 20.1 Å². The summed E-state index contributed by atoms with van der Waals surface area (Å²) in [4.78, 5) is 18.6. The molecule has 3 N–H and O–H groups in total. The maximum Gasteiger partial charge on any atom is 0.266 e. The molecular weight excluding hydrogens is 328 g/mol. The van der Waals surface area contributed by atoms with Gasteiger partial charge in [-0.25, -0.2) is 4.99 Å². The average molecular weight is 342 g/mol. The Labute approximate surface area is 142 Å². The summed E-state index contributed by atoms with van der Waals surface area (Å²) in [5, 5.41) is 28.7. The van der Waals surface area contributed by atoms with Gasteiger partial charge in [-0.3, -0.25) is 9.69 Å². The fourth-order valence-electron chi connectivity index (χ4n) is 2.07. The summed E-state index contributed by atoms with van der Waals surface area (Å²) in [5.41, 5.74) is 1.22. The van der Waals surface area contributed by atoms with Crippen LogP contribution in [0.2, 0.25) is 0 Å². The Kier molecular flexibility index (Phi) is 4.18. The Morgan fingerprint density at radius 3 is 2.42 bits per heavy atom. The van der Waals surface area contributed by atoms with Crippen molar-refractivity contribution in [1.82, 2.24) is 4.90 Å². The van der Waals surface area contributed by atoms with Crippen molar-refractivity contribution in [3.8, 4) is 17.2 Å². The molecule has 1 fully saturated rings. The summed E-state index contributed by atoms with van der Waals surface area (Å²) in [6.07, 6.45) is 1.63. The molecule has 0 saturated carbocycles. The van der Waals surface area contributed by atoms with Crippen LogP contribution in [0.4, 0.5) is 5.69 Å². The van der Waals surface area contributed by atoms with Gasteiger partial charge in [0.2, 0.25) is 0 Å². The van der Waals surface area contributed by atoms with Gasteiger partial charge in [-0.15, -0.1) is 0 Å². The third-order valence-electron chi connectivity index (χ3n) is 3.38. The van der Waals surface area contributed by atoms with Crippen molar-refractivity contribution in [2.45, 2.75) is 0 Å². The summed E-state index contributed by atoms with van der Waals surface area (Å²) in [7, 11) is 1.63. The Balaban J connectivity index is 1.89. The van der Waals surface area contributed by atoms with Gasteiger partial charge in [-0.05, 0) is 59.8 Å². The largest absolute Gasteiger partial charge is 0.508 e. The summed E-state index contributed by atoms with van der Waals surface area (Å²) >= 11 is 1.21. The normalized spacial score (nSPS) is 17.9. The van der Waals surface area contributed by atoms with Gasteiger partial charge >= 0.3 is 0 Å². The van der Waals surface area contributed by atoms with Crippen molar-refractivity contribution in [3.63, 3.8) is 0 Å².